The van der Waals surface area contributed by atoms with Gasteiger partial charge in [0.2, 0.25) is 0 Å². The SMILES string of the molecule is CN(C(=O)N([C]=O)c1ccccc1)c1ccccn1. The molecule has 0 aliphatic carbocycles. The van der Waals surface area contributed by atoms with Crippen molar-refractivity contribution >= 4 is 23.9 Å². The summed E-state index contributed by atoms with van der Waals surface area (Å²) in [7, 11) is 1.55. The number of pyridine rings is 1. The zero-order valence-corrected chi connectivity index (χ0v) is 10.4. The normalized spacial score (nSPS) is 9.74. The third-order valence-corrected chi connectivity index (χ3v) is 2.58. The summed E-state index contributed by atoms with van der Waals surface area (Å²) < 4.78 is 0. The Labute approximate surface area is 111 Å². The molecule has 1 aromatic carbocycles. The Morgan fingerprint density at radius 3 is 2.37 bits per heavy atom. The third kappa shape index (κ3) is 2.77. The molecule has 5 heteroatoms. The van der Waals surface area contributed by atoms with Gasteiger partial charge in [-0.15, -0.1) is 0 Å². The molecule has 5 nitrogen and oxygen atoms in total. The van der Waals surface area contributed by atoms with E-state index < -0.39 is 6.03 Å². The van der Waals surface area contributed by atoms with Crippen LogP contribution < -0.4 is 9.80 Å². The molecular weight excluding hydrogens is 242 g/mol. The zero-order chi connectivity index (χ0) is 13.7. The first-order valence-corrected chi connectivity index (χ1v) is 5.65. The summed E-state index contributed by atoms with van der Waals surface area (Å²) in [6.45, 7) is 0. The molecule has 19 heavy (non-hydrogen) atoms. The molecular formula is C14H12N3O2. The van der Waals surface area contributed by atoms with Crippen LogP contribution >= 0.6 is 0 Å². The second kappa shape index (κ2) is 5.77. The van der Waals surface area contributed by atoms with E-state index in [9.17, 15) is 9.59 Å². The highest BCUT2D eigenvalue weighted by Crippen LogP contribution is 2.16. The lowest BCUT2D eigenvalue weighted by atomic mass is 10.3. The summed E-state index contributed by atoms with van der Waals surface area (Å²) in [6.07, 6.45) is 3.21. The van der Waals surface area contributed by atoms with E-state index in [1.807, 2.05) is 0 Å². The van der Waals surface area contributed by atoms with Crippen molar-refractivity contribution in [2.24, 2.45) is 0 Å². The van der Waals surface area contributed by atoms with Crippen molar-refractivity contribution in [2.45, 2.75) is 0 Å². The van der Waals surface area contributed by atoms with Crippen LogP contribution in [0.5, 0.6) is 0 Å². The van der Waals surface area contributed by atoms with Crippen LogP contribution in [0.4, 0.5) is 16.3 Å². The van der Waals surface area contributed by atoms with Crippen LogP contribution in [-0.4, -0.2) is 24.5 Å². The Balaban J connectivity index is 2.25. The molecule has 1 radical (unpaired) electrons. The second-order valence-corrected chi connectivity index (χ2v) is 3.79. The molecule has 1 aromatic heterocycles. The van der Waals surface area contributed by atoms with Gasteiger partial charge in [-0.1, -0.05) is 24.3 Å². The van der Waals surface area contributed by atoms with Crippen LogP contribution in [0.15, 0.2) is 54.7 Å². The van der Waals surface area contributed by atoms with Crippen LogP contribution in [0.1, 0.15) is 0 Å². The van der Waals surface area contributed by atoms with Crippen molar-refractivity contribution in [3.8, 4) is 0 Å². The first-order chi connectivity index (χ1) is 9.24. The summed E-state index contributed by atoms with van der Waals surface area (Å²) in [5.74, 6) is 0.462. The van der Waals surface area contributed by atoms with Crippen LogP contribution in [0.25, 0.3) is 0 Å². The number of nitrogens with zero attached hydrogens (tertiary/aromatic N) is 3. The molecule has 3 amide bonds. The van der Waals surface area contributed by atoms with Gasteiger partial charge in [0.1, 0.15) is 5.82 Å². The Kier molecular flexibility index (Phi) is 3.87. The van der Waals surface area contributed by atoms with E-state index in [-0.39, 0.29) is 0 Å². The van der Waals surface area contributed by atoms with Gasteiger partial charge in [-0.2, -0.15) is 0 Å². The number of hydrogen-bond donors (Lipinski definition) is 0. The van der Waals surface area contributed by atoms with Crippen molar-refractivity contribution in [1.82, 2.24) is 4.98 Å². The number of rotatable bonds is 3. The second-order valence-electron chi connectivity index (χ2n) is 3.79. The summed E-state index contributed by atoms with van der Waals surface area (Å²) in [6, 6.07) is 13.3. The molecule has 2 aromatic rings. The van der Waals surface area contributed by atoms with Gasteiger partial charge in [0.15, 0.2) is 0 Å². The average Bonchev–Trinajstić information content (AvgIpc) is 2.49. The van der Waals surface area contributed by atoms with Gasteiger partial charge < -0.3 is 0 Å². The number of para-hydroxylation sites is 1. The van der Waals surface area contributed by atoms with E-state index in [1.54, 1.807) is 68.2 Å². The summed E-state index contributed by atoms with van der Waals surface area (Å²) in [5.41, 5.74) is 0.463. The van der Waals surface area contributed by atoms with Crippen molar-refractivity contribution < 1.29 is 9.59 Å². The van der Waals surface area contributed by atoms with Crippen LogP contribution in [0.3, 0.4) is 0 Å². The van der Waals surface area contributed by atoms with Gasteiger partial charge in [0.25, 0.3) is 0 Å². The predicted octanol–water partition coefficient (Wildman–Crippen LogP) is 2.21. The van der Waals surface area contributed by atoms with E-state index in [0.717, 1.165) is 4.90 Å². The van der Waals surface area contributed by atoms with Crippen molar-refractivity contribution in [3.63, 3.8) is 0 Å². The van der Waals surface area contributed by atoms with Gasteiger partial charge in [-0.05, 0) is 24.3 Å². The highest BCUT2D eigenvalue weighted by Gasteiger charge is 2.21. The highest BCUT2D eigenvalue weighted by atomic mass is 16.2. The standard InChI is InChI=1S/C14H12N3O2/c1-16(13-9-5-6-10-15-13)14(19)17(11-18)12-7-3-2-4-8-12/h2-10H,1H3. The molecule has 0 aliphatic heterocycles. The van der Waals surface area contributed by atoms with E-state index in [1.165, 1.54) is 4.90 Å². The number of imide groups is 1. The maximum absolute atomic E-state index is 12.2. The molecule has 0 saturated heterocycles. The summed E-state index contributed by atoms with van der Waals surface area (Å²) in [4.78, 5) is 29.5. The molecule has 0 spiro atoms. The number of amides is 3. The third-order valence-electron chi connectivity index (χ3n) is 2.58. The minimum atomic E-state index is -0.514. The topological polar surface area (TPSA) is 53.5 Å². The first-order valence-electron chi connectivity index (χ1n) is 5.65. The van der Waals surface area contributed by atoms with Gasteiger partial charge in [0, 0.05) is 13.2 Å². The highest BCUT2D eigenvalue weighted by molar-refractivity contribution is 6.12. The van der Waals surface area contributed by atoms with E-state index >= 15 is 0 Å². The summed E-state index contributed by atoms with van der Waals surface area (Å²) >= 11 is 0. The number of carbonyl (C=O) groups excluding carboxylic acids is 2. The molecule has 2 rings (SSSR count). The molecule has 0 fully saturated rings. The number of carbonyl (C=O) groups is 1. The molecule has 0 saturated carbocycles. The lowest BCUT2D eigenvalue weighted by Gasteiger charge is -2.22. The fourth-order valence-electron chi connectivity index (χ4n) is 1.58. The Bertz CT molecular complexity index is 557. The van der Waals surface area contributed by atoms with Crippen LogP contribution in [0.2, 0.25) is 0 Å². The maximum Gasteiger partial charge on any atom is 0.337 e. The minimum Gasteiger partial charge on any atom is -0.281 e. The van der Waals surface area contributed by atoms with Crippen molar-refractivity contribution in [2.75, 3.05) is 16.8 Å². The number of urea groups is 1. The summed E-state index contributed by atoms with van der Waals surface area (Å²) in [5, 5.41) is 0. The Morgan fingerprint density at radius 2 is 1.79 bits per heavy atom. The number of anilines is 2. The molecule has 95 valence electrons. The predicted molar refractivity (Wildman–Crippen MR) is 72.7 cm³/mol. The van der Waals surface area contributed by atoms with E-state index in [0.29, 0.717) is 11.5 Å². The Morgan fingerprint density at radius 1 is 1.11 bits per heavy atom. The number of hydrogen-bond acceptors (Lipinski definition) is 3. The molecule has 0 bridgehead atoms. The van der Waals surface area contributed by atoms with Gasteiger partial charge in [0.05, 0.1) is 5.69 Å². The van der Waals surface area contributed by atoms with Crippen molar-refractivity contribution in [1.29, 1.82) is 0 Å². The quantitative estimate of drug-likeness (QED) is 0.789. The van der Waals surface area contributed by atoms with E-state index in [4.69, 9.17) is 0 Å². The molecule has 1 heterocycles. The number of benzene rings is 1. The first kappa shape index (κ1) is 12.8. The zero-order valence-electron chi connectivity index (χ0n) is 10.4. The monoisotopic (exact) mass is 254 g/mol. The fourth-order valence-corrected chi connectivity index (χ4v) is 1.58. The van der Waals surface area contributed by atoms with Crippen LogP contribution in [0, 0.1) is 0 Å². The lowest BCUT2D eigenvalue weighted by molar-refractivity contribution is 0.255. The Hall–Kier alpha value is -2.69. The average molecular weight is 254 g/mol. The largest absolute Gasteiger partial charge is 0.337 e. The minimum absolute atomic E-state index is 0.462. The molecule has 0 unspecified atom stereocenters. The maximum atomic E-state index is 12.2. The van der Waals surface area contributed by atoms with Crippen LogP contribution in [-0.2, 0) is 4.79 Å². The van der Waals surface area contributed by atoms with Gasteiger partial charge >= 0.3 is 12.4 Å². The molecule has 0 atom stereocenters. The molecule has 0 aliphatic rings. The van der Waals surface area contributed by atoms with Gasteiger partial charge in [-0.25, -0.2) is 14.7 Å². The smallest absolute Gasteiger partial charge is 0.281 e. The number of aromatic nitrogens is 1. The van der Waals surface area contributed by atoms with E-state index in [2.05, 4.69) is 4.98 Å². The lowest BCUT2D eigenvalue weighted by Crippen LogP contribution is -2.41. The fraction of sp³-hybridized carbons (Fsp3) is 0.0714. The molecule has 0 N–H and O–H groups in total. The van der Waals surface area contributed by atoms with Crippen molar-refractivity contribution in [3.05, 3.63) is 54.7 Å². The van der Waals surface area contributed by atoms with Gasteiger partial charge in [-0.3, -0.25) is 9.69 Å².